The lowest BCUT2D eigenvalue weighted by Gasteiger charge is -2.22. The van der Waals surface area contributed by atoms with E-state index in [2.05, 4.69) is 5.32 Å². The summed E-state index contributed by atoms with van der Waals surface area (Å²) < 4.78 is 5.63. The fourth-order valence-corrected chi connectivity index (χ4v) is 2.89. The van der Waals surface area contributed by atoms with Gasteiger partial charge in [-0.2, -0.15) is 0 Å². The molecule has 2 aromatic rings. The van der Waals surface area contributed by atoms with Crippen LogP contribution in [0.25, 0.3) is 0 Å². The Morgan fingerprint density at radius 1 is 1.11 bits per heavy atom. The highest BCUT2D eigenvalue weighted by Gasteiger charge is 2.17. The molecule has 0 unspecified atom stereocenters. The normalized spacial score (nSPS) is 10.6. The number of aryl methyl sites for hydroxylation is 2. The maximum absolute atomic E-state index is 12.6. The zero-order valence-electron chi connectivity index (χ0n) is 16.7. The molecule has 0 heterocycles. The van der Waals surface area contributed by atoms with Crippen LogP contribution in [0, 0.1) is 6.92 Å². The van der Waals surface area contributed by atoms with Gasteiger partial charge in [0.05, 0.1) is 6.10 Å². The van der Waals surface area contributed by atoms with E-state index in [1.54, 1.807) is 24.3 Å². The third kappa shape index (κ3) is 5.58. The Labute approximate surface area is 161 Å². The molecular formula is C22H28N2O3. The van der Waals surface area contributed by atoms with Crippen LogP contribution in [-0.4, -0.2) is 24.5 Å². The van der Waals surface area contributed by atoms with Crippen molar-refractivity contribution in [1.82, 2.24) is 0 Å². The summed E-state index contributed by atoms with van der Waals surface area (Å²) in [5.74, 6) is 0.314. The molecule has 0 aliphatic carbocycles. The number of ether oxygens (including phenoxy) is 1. The van der Waals surface area contributed by atoms with Gasteiger partial charge in [0, 0.05) is 18.3 Å². The molecule has 2 amide bonds. The Kier molecular flexibility index (Phi) is 6.99. The van der Waals surface area contributed by atoms with E-state index in [0.717, 1.165) is 29.0 Å². The van der Waals surface area contributed by atoms with Crippen LogP contribution in [0.3, 0.4) is 0 Å². The number of anilines is 2. The molecule has 0 saturated heterocycles. The van der Waals surface area contributed by atoms with E-state index in [0.29, 0.717) is 5.69 Å². The van der Waals surface area contributed by atoms with Crippen molar-refractivity contribution in [3.63, 3.8) is 0 Å². The molecule has 2 rings (SSSR count). The lowest BCUT2D eigenvalue weighted by Crippen LogP contribution is -2.36. The Bertz CT molecular complexity index is 798. The van der Waals surface area contributed by atoms with Gasteiger partial charge in [-0.25, -0.2) is 0 Å². The number of nitrogens with one attached hydrogen (secondary N) is 1. The van der Waals surface area contributed by atoms with E-state index in [4.69, 9.17) is 4.74 Å². The van der Waals surface area contributed by atoms with E-state index in [9.17, 15) is 9.59 Å². The van der Waals surface area contributed by atoms with Gasteiger partial charge < -0.3 is 15.0 Å². The van der Waals surface area contributed by atoms with Crippen LogP contribution in [0.1, 0.15) is 38.8 Å². The van der Waals surface area contributed by atoms with Crippen LogP contribution in [0.15, 0.2) is 42.5 Å². The summed E-state index contributed by atoms with van der Waals surface area (Å²) in [6.45, 7) is 9.33. The number of carbonyl (C=O) groups is 2. The van der Waals surface area contributed by atoms with Gasteiger partial charge in [-0.05, 0) is 62.6 Å². The standard InChI is InChI=1S/C22H28N2O3/c1-6-18-9-7-8-16(4)22(18)23-21(26)14-24(17(5)25)19-10-12-20(13-11-19)27-15(2)3/h7-13,15H,6,14H2,1-5H3,(H,23,26). The fraction of sp³-hybridized carbons (Fsp3) is 0.364. The van der Waals surface area contributed by atoms with Crippen molar-refractivity contribution in [2.45, 2.75) is 47.1 Å². The SMILES string of the molecule is CCc1cccc(C)c1NC(=O)CN(C(C)=O)c1ccc(OC(C)C)cc1. The number of benzene rings is 2. The summed E-state index contributed by atoms with van der Waals surface area (Å²) in [5, 5.41) is 2.96. The van der Waals surface area contributed by atoms with Crippen molar-refractivity contribution < 1.29 is 14.3 Å². The highest BCUT2D eigenvalue weighted by atomic mass is 16.5. The molecule has 27 heavy (non-hydrogen) atoms. The average Bonchev–Trinajstić information content (AvgIpc) is 2.61. The molecule has 0 spiro atoms. The Balaban J connectivity index is 2.14. The first-order chi connectivity index (χ1) is 12.8. The predicted octanol–water partition coefficient (Wildman–Crippen LogP) is 4.34. The van der Waals surface area contributed by atoms with E-state index < -0.39 is 0 Å². The highest BCUT2D eigenvalue weighted by Crippen LogP contribution is 2.23. The summed E-state index contributed by atoms with van der Waals surface area (Å²) in [6.07, 6.45) is 0.901. The number of nitrogens with zero attached hydrogens (tertiary/aromatic N) is 1. The lowest BCUT2D eigenvalue weighted by atomic mass is 10.1. The molecule has 1 N–H and O–H groups in total. The third-order valence-electron chi connectivity index (χ3n) is 4.21. The highest BCUT2D eigenvalue weighted by molar-refractivity contribution is 6.02. The number of hydrogen-bond donors (Lipinski definition) is 1. The summed E-state index contributed by atoms with van der Waals surface area (Å²) in [6, 6.07) is 13.1. The van der Waals surface area contributed by atoms with Gasteiger partial charge in [0.2, 0.25) is 11.8 Å². The summed E-state index contributed by atoms with van der Waals surface area (Å²) in [5.41, 5.74) is 3.57. The van der Waals surface area contributed by atoms with E-state index in [1.165, 1.54) is 11.8 Å². The zero-order valence-corrected chi connectivity index (χ0v) is 16.7. The Morgan fingerprint density at radius 3 is 2.33 bits per heavy atom. The van der Waals surface area contributed by atoms with Gasteiger partial charge in [0.25, 0.3) is 0 Å². The minimum atomic E-state index is -0.225. The van der Waals surface area contributed by atoms with Crippen LogP contribution in [-0.2, 0) is 16.0 Å². The average molecular weight is 368 g/mol. The van der Waals surface area contributed by atoms with Gasteiger partial charge in [0.15, 0.2) is 0 Å². The number of carbonyl (C=O) groups excluding carboxylic acids is 2. The van der Waals surface area contributed by atoms with Crippen LogP contribution in [0.5, 0.6) is 5.75 Å². The van der Waals surface area contributed by atoms with Crippen LogP contribution < -0.4 is 15.0 Å². The lowest BCUT2D eigenvalue weighted by molar-refractivity contribution is -0.120. The van der Waals surface area contributed by atoms with Crippen molar-refractivity contribution in [1.29, 1.82) is 0 Å². The van der Waals surface area contributed by atoms with Crippen molar-refractivity contribution in [2.24, 2.45) is 0 Å². The predicted molar refractivity (Wildman–Crippen MR) is 109 cm³/mol. The third-order valence-corrected chi connectivity index (χ3v) is 4.21. The number of rotatable bonds is 7. The molecule has 0 aliphatic rings. The number of hydrogen-bond acceptors (Lipinski definition) is 3. The van der Waals surface area contributed by atoms with Crippen LogP contribution in [0.2, 0.25) is 0 Å². The topological polar surface area (TPSA) is 58.6 Å². The second-order valence-corrected chi connectivity index (χ2v) is 6.78. The largest absolute Gasteiger partial charge is 0.491 e. The first-order valence-corrected chi connectivity index (χ1v) is 9.25. The second-order valence-electron chi connectivity index (χ2n) is 6.78. The molecule has 2 aromatic carbocycles. The van der Waals surface area contributed by atoms with E-state index in [1.807, 2.05) is 45.9 Å². The summed E-state index contributed by atoms with van der Waals surface area (Å²) in [7, 11) is 0. The van der Waals surface area contributed by atoms with Gasteiger partial charge in [-0.3, -0.25) is 9.59 Å². The van der Waals surface area contributed by atoms with Crippen molar-refractivity contribution in [3.05, 3.63) is 53.6 Å². The number of amides is 2. The van der Waals surface area contributed by atoms with Gasteiger partial charge >= 0.3 is 0 Å². The molecule has 144 valence electrons. The maximum atomic E-state index is 12.6. The molecule has 0 fully saturated rings. The minimum absolute atomic E-state index is 0.0444. The first-order valence-electron chi connectivity index (χ1n) is 9.25. The van der Waals surface area contributed by atoms with Gasteiger partial charge in [0.1, 0.15) is 12.3 Å². The molecule has 0 radical (unpaired) electrons. The van der Waals surface area contributed by atoms with Crippen molar-refractivity contribution >= 4 is 23.2 Å². The van der Waals surface area contributed by atoms with Crippen LogP contribution in [0.4, 0.5) is 11.4 Å². The minimum Gasteiger partial charge on any atom is -0.491 e. The van der Waals surface area contributed by atoms with E-state index >= 15 is 0 Å². The molecule has 0 aromatic heterocycles. The molecule has 0 atom stereocenters. The summed E-state index contributed by atoms with van der Waals surface area (Å²) in [4.78, 5) is 26.2. The Hall–Kier alpha value is -2.82. The molecule has 5 heteroatoms. The molecule has 0 saturated carbocycles. The van der Waals surface area contributed by atoms with Crippen molar-refractivity contribution in [3.8, 4) is 5.75 Å². The quantitative estimate of drug-likeness (QED) is 0.791. The van der Waals surface area contributed by atoms with Crippen LogP contribution >= 0.6 is 0 Å². The first kappa shape index (κ1) is 20.5. The van der Waals surface area contributed by atoms with Gasteiger partial charge in [-0.15, -0.1) is 0 Å². The zero-order chi connectivity index (χ0) is 20.0. The molecule has 0 aliphatic heterocycles. The molecule has 5 nitrogen and oxygen atoms in total. The van der Waals surface area contributed by atoms with E-state index in [-0.39, 0.29) is 24.5 Å². The monoisotopic (exact) mass is 368 g/mol. The van der Waals surface area contributed by atoms with Gasteiger partial charge in [-0.1, -0.05) is 25.1 Å². The molecular weight excluding hydrogens is 340 g/mol. The Morgan fingerprint density at radius 2 is 1.78 bits per heavy atom. The second kappa shape index (κ2) is 9.21. The fourth-order valence-electron chi connectivity index (χ4n) is 2.89. The number of para-hydroxylation sites is 1. The molecule has 0 bridgehead atoms. The summed E-state index contributed by atoms with van der Waals surface area (Å²) >= 11 is 0. The smallest absolute Gasteiger partial charge is 0.244 e. The maximum Gasteiger partial charge on any atom is 0.244 e. The van der Waals surface area contributed by atoms with Crippen molar-refractivity contribution in [2.75, 3.05) is 16.8 Å².